The van der Waals surface area contributed by atoms with Crippen LogP contribution in [0.15, 0.2) is 29.1 Å². The molecular weight excluding hydrogens is 334 g/mol. The number of ether oxygens (including phenoxy) is 1. The molecule has 4 nitrogen and oxygen atoms in total. The van der Waals surface area contributed by atoms with Crippen molar-refractivity contribution in [2.45, 2.75) is 34.2 Å². The standard InChI is InChI=1S/C20H21NO3S/c1-11-6-8-15(9-7-11)10-21-13(3)17(20(23)24-5)18(22)16-12(2)14(4)25-19(16)21/h6-9H,10H2,1-5H3. The fourth-order valence-electron chi connectivity index (χ4n) is 3.05. The van der Waals surface area contributed by atoms with Gasteiger partial charge in [0.15, 0.2) is 0 Å². The van der Waals surface area contributed by atoms with Crippen molar-refractivity contribution >= 4 is 27.5 Å². The molecule has 3 rings (SSSR count). The fourth-order valence-corrected chi connectivity index (χ4v) is 4.26. The monoisotopic (exact) mass is 355 g/mol. The van der Waals surface area contributed by atoms with Crippen molar-refractivity contribution in [3.05, 3.63) is 67.3 Å². The zero-order chi connectivity index (χ0) is 18.3. The molecule has 0 atom stereocenters. The van der Waals surface area contributed by atoms with Crippen LogP contribution in [-0.2, 0) is 11.3 Å². The van der Waals surface area contributed by atoms with Gasteiger partial charge in [0.05, 0.1) is 12.5 Å². The van der Waals surface area contributed by atoms with Gasteiger partial charge in [0.1, 0.15) is 10.4 Å². The molecule has 5 heteroatoms. The Balaban J connectivity index is 2.32. The number of thiophene rings is 1. The van der Waals surface area contributed by atoms with Gasteiger partial charge in [-0.25, -0.2) is 4.79 Å². The first-order chi connectivity index (χ1) is 11.8. The zero-order valence-corrected chi connectivity index (χ0v) is 15.9. The summed E-state index contributed by atoms with van der Waals surface area (Å²) in [5, 5.41) is 0.626. The van der Waals surface area contributed by atoms with E-state index in [9.17, 15) is 9.59 Å². The van der Waals surface area contributed by atoms with Crippen LogP contribution in [0.2, 0.25) is 0 Å². The molecule has 130 valence electrons. The van der Waals surface area contributed by atoms with Crippen LogP contribution in [0.25, 0.3) is 10.2 Å². The summed E-state index contributed by atoms with van der Waals surface area (Å²) < 4.78 is 6.92. The third-order valence-electron chi connectivity index (χ3n) is 4.68. The molecule has 0 unspecified atom stereocenters. The maximum absolute atomic E-state index is 12.9. The second-order valence-electron chi connectivity index (χ2n) is 6.32. The van der Waals surface area contributed by atoms with Crippen LogP contribution < -0.4 is 5.43 Å². The van der Waals surface area contributed by atoms with Crippen LogP contribution in [0.5, 0.6) is 0 Å². The quantitative estimate of drug-likeness (QED) is 0.664. The van der Waals surface area contributed by atoms with E-state index in [0.29, 0.717) is 17.6 Å². The average molecular weight is 355 g/mol. The minimum absolute atomic E-state index is 0.128. The topological polar surface area (TPSA) is 48.3 Å². The van der Waals surface area contributed by atoms with Crippen LogP contribution in [0.3, 0.4) is 0 Å². The molecular formula is C20H21NO3S. The van der Waals surface area contributed by atoms with E-state index in [-0.39, 0.29) is 11.0 Å². The molecule has 2 heterocycles. The summed E-state index contributed by atoms with van der Waals surface area (Å²) in [7, 11) is 1.31. The predicted molar refractivity (Wildman–Crippen MR) is 102 cm³/mol. The first-order valence-electron chi connectivity index (χ1n) is 8.12. The van der Waals surface area contributed by atoms with E-state index >= 15 is 0 Å². The Labute approximate surface area is 150 Å². The number of carbonyl (C=O) groups excluding carboxylic acids is 1. The molecule has 0 fully saturated rings. The van der Waals surface area contributed by atoms with E-state index in [4.69, 9.17) is 4.74 Å². The smallest absolute Gasteiger partial charge is 0.343 e. The molecule has 0 aliphatic heterocycles. The van der Waals surface area contributed by atoms with E-state index in [1.165, 1.54) is 12.7 Å². The van der Waals surface area contributed by atoms with Gasteiger partial charge in [-0.15, -0.1) is 11.3 Å². The van der Waals surface area contributed by atoms with Gasteiger partial charge in [0.25, 0.3) is 0 Å². The number of benzene rings is 1. The summed E-state index contributed by atoms with van der Waals surface area (Å²) in [6.07, 6.45) is 0. The van der Waals surface area contributed by atoms with Crippen molar-refractivity contribution in [2.75, 3.05) is 7.11 Å². The van der Waals surface area contributed by atoms with Gasteiger partial charge in [-0.1, -0.05) is 29.8 Å². The van der Waals surface area contributed by atoms with Crippen molar-refractivity contribution in [3.63, 3.8) is 0 Å². The Kier molecular flexibility index (Phi) is 4.52. The van der Waals surface area contributed by atoms with E-state index < -0.39 is 5.97 Å². The number of fused-ring (bicyclic) bond motifs is 1. The summed E-state index contributed by atoms with van der Waals surface area (Å²) >= 11 is 1.59. The number of hydrogen-bond acceptors (Lipinski definition) is 4. The number of rotatable bonds is 3. The second kappa shape index (κ2) is 6.48. The molecule has 0 bridgehead atoms. The number of nitrogens with zero attached hydrogens (tertiary/aromatic N) is 1. The number of aryl methyl sites for hydroxylation is 3. The van der Waals surface area contributed by atoms with Crippen LogP contribution in [0.4, 0.5) is 0 Å². The third kappa shape index (κ3) is 2.89. The number of aromatic nitrogens is 1. The van der Waals surface area contributed by atoms with Gasteiger partial charge in [-0.3, -0.25) is 4.79 Å². The Bertz CT molecular complexity index is 1030. The highest BCUT2D eigenvalue weighted by molar-refractivity contribution is 7.18. The first-order valence-corrected chi connectivity index (χ1v) is 8.93. The molecule has 0 spiro atoms. The van der Waals surface area contributed by atoms with E-state index in [1.807, 2.05) is 27.7 Å². The van der Waals surface area contributed by atoms with E-state index in [0.717, 1.165) is 20.8 Å². The normalized spacial score (nSPS) is 11.1. The Morgan fingerprint density at radius 3 is 2.36 bits per heavy atom. The maximum atomic E-state index is 12.9. The van der Waals surface area contributed by atoms with Crippen LogP contribution in [-0.4, -0.2) is 17.6 Å². The Hall–Kier alpha value is -2.40. The maximum Gasteiger partial charge on any atom is 0.343 e. The summed E-state index contributed by atoms with van der Waals surface area (Å²) in [5.41, 5.74) is 3.80. The molecule has 0 aliphatic rings. The number of carbonyl (C=O) groups is 1. The molecule has 0 N–H and O–H groups in total. The first kappa shape index (κ1) is 17.4. The van der Waals surface area contributed by atoms with Gasteiger partial charge in [-0.2, -0.15) is 0 Å². The van der Waals surface area contributed by atoms with Crippen molar-refractivity contribution in [1.29, 1.82) is 0 Å². The number of hydrogen-bond donors (Lipinski definition) is 0. The van der Waals surface area contributed by atoms with Crippen molar-refractivity contribution in [2.24, 2.45) is 0 Å². The highest BCUT2D eigenvalue weighted by Gasteiger charge is 2.23. The summed E-state index contributed by atoms with van der Waals surface area (Å²) in [6, 6.07) is 8.28. The Morgan fingerprint density at radius 2 is 1.76 bits per heavy atom. The van der Waals surface area contributed by atoms with Gasteiger partial charge in [-0.05, 0) is 38.8 Å². The van der Waals surface area contributed by atoms with Crippen molar-refractivity contribution in [3.8, 4) is 0 Å². The second-order valence-corrected chi connectivity index (χ2v) is 7.52. The predicted octanol–water partition coefficient (Wildman–Crippen LogP) is 4.13. The largest absolute Gasteiger partial charge is 0.465 e. The highest BCUT2D eigenvalue weighted by Crippen LogP contribution is 2.30. The highest BCUT2D eigenvalue weighted by atomic mass is 32.1. The molecule has 0 radical (unpaired) electrons. The number of methoxy groups -OCH3 is 1. The molecule has 3 aromatic rings. The molecule has 25 heavy (non-hydrogen) atoms. The molecule has 1 aromatic carbocycles. The lowest BCUT2D eigenvalue weighted by atomic mass is 10.1. The van der Waals surface area contributed by atoms with Gasteiger partial charge in [0, 0.05) is 17.1 Å². The summed E-state index contributed by atoms with van der Waals surface area (Å²) in [4.78, 5) is 27.2. The molecule has 2 aromatic heterocycles. The lowest BCUT2D eigenvalue weighted by Gasteiger charge is -2.16. The van der Waals surface area contributed by atoms with Crippen molar-refractivity contribution < 1.29 is 9.53 Å². The Morgan fingerprint density at radius 1 is 1.12 bits per heavy atom. The van der Waals surface area contributed by atoms with Gasteiger partial charge in [0.2, 0.25) is 5.43 Å². The number of pyridine rings is 1. The molecule has 0 aliphatic carbocycles. The fraction of sp³-hybridized carbons (Fsp3) is 0.300. The third-order valence-corrected chi connectivity index (χ3v) is 5.91. The van der Waals surface area contributed by atoms with E-state index in [2.05, 4.69) is 28.8 Å². The van der Waals surface area contributed by atoms with Crippen LogP contribution >= 0.6 is 11.3 Å². The summed E-state index contributed by atoms with van der Waals surface area (Å²) in [5.74, 6) is -0.578. The molecule has 0 saturated carbocycles. The van der Waals surface area contributed by atoms with Crippen molar-refractivity contribution in [1.82, 2.24) is 4.57 Å². The number of esters is 1. The lowest BCUT2D eigenvalue weighted by molar-refractivity contribution is 0.0597. The average Bonchev–Trinajstić information content (AvgIpc) is 2.88. The molecule has 0 amide bonds. The molecule has 0 saturated heterocycles. The van der Waals surface area contributed by atoms with E-state index in [1.54, 1.807) is 11.3 Å². The SMILES string of the molecule is COC(=O)c1c(C)n(Cc2ccc(C)cc2)c2sc(C)c(C)c2c1=O. The summed E-state index contributed by atoms with van der Waals surface area (Å²) in [6.45, 7) is 8.40. The van der Waals surface area contributed by atoms with Gasteiger partial charge >= 0.3 is 5.97 Å². The van der Waals surface area contributed by atoms with Crippen LogP contribution in [0, 0.1) is 27.7 Å². The lowest BCUT2D eigenvalue weighted by Crippen LogP contribution is -2.23. The minimum atomic E-state index is -0.578. The van der Waals surface area contributed by atoms with Gasteiger partial charge < -0.3 is 9.30 Å². The van der Waals surface area contributed by atoms with Crippen LogP contribution in [0.1, 0.15) is 37.6 Å². The zero-order valence-electron chi connectivity index (χ0n) is 15.1. The minimum Gasteiger partial charge on any atom is -0.465 e.